The van der Waals surface area contributed by atoms with Crippen molar-refractivity contribution >= 4 is 0 Å². The first kappa shape index (κ1) is 13.6. The molecule has 1 aromatic rings. The van der Waals surface area contributed by atoms with E-state index in [1.807, 2.05) is 0 Å². The van der Waals surface area contributed by atoms with Crippen molar-refractivity contribution < 1.29 is 0 Å². The van der Waals surface area contributed by atoms with E-state index in [1.54, 1.807) is 0 Å². The van der Waals surface area contributed by atoms with Crippen molar-refractivity contribution in [3.63, 3.8) is 0 Å². The highest BCUT2D eigenvalue weighted by Crippen LogP contribution is 2.30. The minimum absolute atomic E-state index is 0.347. The molecule has 0 heterocycles. The lowest BCUT2D eigenvalue weighted by atomic mass is 9.78. The molecule has 1 aromatic carbocycles. The van der Waals surface area contributed by atoms with Crippen LogP contribution in [0.2, 0.25) is 0 Å². The predicted molar refractivity (Wildman–Crippen MR) is 78.7 cm³/mol. The molecule has 1 nitrogen and oxygen atoms in total. The Morgan fingerprint density at radius 2 is 1.78 bits per heavy atom. The fourth-order valence-electron chi connectivity index (χ4n) is 3.08. The highest BCUT2D eigenvalue weighted by Gasteiger charge is 2.23. The molecule has 2 N–H and O–H groups in total. The van der Waals surface area contributed by atoms with Crippen LogP contribution in [0.25, 0.3) is 0 Å². The summed E-state index contributed by atoms with van der Waals surface area (Å²) in [6.07, 6.45) is 6.43. The van der Waals surface area contributed by atoms with Crippen LogP contribution in [0.1, 0.15) is 49.3 Å². The SMILES string of the molecule is Cc1ccc(CC(N)C2CCC(C)CC2)cc1C. The second-order valence-electron chi connectivity index (χ2n) is 6.31. The number of benzene rings is 1. The number of rotatable bonds is 3. The summed E-state index contributed by atoms with van der Waals surface area (Å²) >= 11 is 0. The van der Waals surface area contributed by atoms with Crippen molar-refractivity contribution in [1.29, 1.82) is 0 Å². The van der Waals surface area contributed by atoms with Gasteiger partial charge in [-0.3, -0.25) is 0 Å². The lowest BCUT2D eigenvalue weighted by Gasteiger charge is -2.30. The molecule has 0 spiro atoms. The molecule has 1 heteroatoms. The van der Waals surface area contributed by atoms with Crippen molar-refractivity contribution in [1.82, 2.24) is 0 Å². The first-order chi connectivity index (χ1) is 8.56. The van der Waals surface area contributed by atoms with Gasteiger partial charge in [-0.05, 0) is 61.6 Å². The van der Waals surface area contributed by atoms with Gasteiger partial charge >= 0.3 is 0 Å². The molecule has 0 saturated heterocycles. The number of hydrogen-bond acceptors (Lipinski definition) is 1. The summed E-state index contributed by atoms with van der Waals surface area (Å²) < 4.78 is 0. The Kier molecular flexibility index (Phi) is 4.45. The monoisotopic (exact) mass is 245 g/mol. The quantitative estimate of drug-likeness (QED) is 0.856. The van der Waals surface area contributed by atoms with Crippen LogP contribution in [0.5, 0.6) is 0 Å². The maximum Gasteiger partial charge on any atom is 0.0108 e. The molecule has 0 bridgehead atoms. The molecule has 0 aromatic heterocycles. The molecule has 1 saturated carbocycles. The van der Waals surface area contributed by atoms with Gasteiger partial charge in [-0.15, -0.1) is 0 Å². The molecule has 1 atom stereocenters. The molecular formula is C17H27N. The van der Waals surface area contributed by atoms with Gasteiger partial charge in [-0.2, -0.15) is 0 Å². The van der Waals surface area contributed by atoms with Crippen LogP contribution in [0.3, 0.4) is 0 Å². The van der Waals surface area contributed by atoms with Crippen molar-refractivity contribution in [2.75, 3.05) is 0 Å². The number of hydrogen-bond donors (Lipinski definition) is 1. The minimum Gasteiger partial charge on any atom is -0.327 e. The zero-order chi connectivity index (χ0) is 13.1. The zero-order valence-electron chi connectivity index (χ0n) is 12.1. The van der Waals surface area contributed by atoms with E-state index in [9.17, 15) is 0 Å². The lowest BCUT2D eigenvalue weighted by molar-refractivity contribution is 0.253. The topological polar surface area (TPSA) is 26.0 Å². The van der Waals surface area contributed by atoms with Crippen molar-refractivity contribution in [3.8, 4) is 0 Å². The van der Waals surface area contributed by atoms with Crippen molar-refractivity contribution in [2.45, 2.75) is 58.9 Å². The summed E-state index contributed by atoms with van der Waals surface area (Å²) in [5.74, 6) is 1.65. The van der Waals surface area contributed by atoms with E-state index in [2.05, 4.69) is 39.0 Å². The summed E-state index contributed by atoms with van der Waals surface area (Å²) in [5, 5.41) is 0. The summed E-state index contributed by atoms with van der Waals surface area (Å²) in [5.41, 5.74) is 10.6. The first-order valence-electron chi connectivity index (χ1n) is 7.38. The Morgan fingerprint density at radius 3 is 2.39 bits per heavy atom. The maximum absolute atomic E-state index is 6.41. The van der Waals surface area contributed by atoms with E-state index < -0.39 is 0 Å². The summed E-state index contributed by atoms with van der Waals surface area (Å²) in [4.78, 5) is 0. The summed E-state index contributed by atoms with van der Waals surface area (Å²) in [6, 6.07) is 7.12. The third kappa shape index (κ3) is 3.35. The van der Waals surface area contributed by atoms with Gasteiger partial charge in [0.25, 0.3) is 0 Å². The Labute approximate surface area is 112 Å². The molecule has 1 unspecified atom stereocenters. The first-order valence-corrected chi connectivity index (χ1v) is 7.38. The third-order valence-corrected chi connectivity index (χ3v) is 4.71. The van der Waals surface area contributed by atoms with Gasteiger partial charge in [0, 0.05) is 6.04 Å². The fraction of sp³-hybridized carbons (Fsp3) is 0.647. The standard InChI is InChI=1S/C17H27N/c1-12-4-8-16(9-5-12)17(18)11-15-7-6-13(2)14(3)10-15/h6-7,10,12,16-17H,4-5,8-9,11,18H2,1-3H3. The fourth-order valence-corrected chi connectivity index (χ4v) is 3.08. The second-order valence-corrected chi connectivity index (χ2v) is 6.31. The van der Waals surface area contributed by atoms with Crippen LogP contribution in [0.15, 0.2) is 18.2 Å². The van der Waals surface area contributed by atoms with Gasteiger partial charge in [0.15, 0.2) is 0 Å². The van der Waals surface area contributed by atoms with Crippen molar-refractivity contribution in [2.24, 2.45) is 17.6 Å². The highest BCUT2D eigenvalue weighted by molar-refractivity contribution is 5.30. The molecule has 0 amide bonds. The van der Waals surface area contributed by atoms with Gasteiger partial charge in [-0.25, -0.2) is 0 Å². The van der Waals surface area contributed by atoms with E-state index in [-0.39, 0.29) is 0 Å². The molecule has 1 aliphatic carbocycles. The van der Waals surface area contributed by atoms with E-state index in [1.165, 1.54) is 42.4 Å². The van der Waals surface area contributed by atoms with Crippen LogP contribution < -0.4 is 5.73 Å². The molecule has 18 heavy (non-hydrogen) atoms. The van der Waals surface area contributed by atoms with Gasteiger partial charge in [0.1, 0.15) is 0 Å². The van der Waals surface area contributed by atoms with Gasteiger partial charge in [-0.1, -0.05) is 38.0 Å². The van der Waals surface area contributed by atoms with E-state index in [4.69, 9.17) is 5.73 Å². The van der Waals surface area contributed by atoms with Crippen LogP contribution in [-0.4, -0.2) is 6.04 Å². The molecule has 0 aliphatic heterocycles. The predicted octanol–water partition coefficient (Wildman–Crippen LogP) is 4.00. The Bertz CT molecular complexity index is 389. The third-order valence-electron chi connectivity index (χ3n) is 4.71. The number of aryl methyl sites for hydroxylation is 2. The molecular weight excluding hydrogens is 218 g/mol. The maximum atomic E-state index is 6.41. The Balaban J connectivity index is 1.94. The highest BCUT2D eigenvalue weighted by atomic mass is 14.6. The minimum atomic E-state index is 0.347. The van der Waals surface area contributed by atoms with Crippen LogP contribution >= 0.6 is 0 Å². The average Bonchev–Trinajstić information content (AvgIpc) is 2.34. The van der Waals surface area contributed by atoms with Crippen LogP contribution in [0.4, 0.5) is 0 Å². The van der Waals surface area contributed by atoms with E-state index in [0.717, 1.165) is 18.3 Å². The molecule has 2 rings (SSSR count). The normalized spacial score (nSPS) is 26.0. The smallest absolute Gasteiger partial charge is 0.0108 e. The Morgan fingerprint density at radius 1 is 1.11 bits per heavy atom. The number of nitrogens with two attached hydrogens (primary N) is 1. The molecule has 0 radical (unpaired) electrons. The van der Waals surface area contributed by atoms with Crippen LogP contribution in [0, 0.1) is 25.7 Å². The second kappa shape index (κ2) is 5.88. The molecule has 1 fully saturated rings. The van der Waals surface area contributed by atoms with Gasteiger partial charge in [0.05, 0.1) is 0 Å². The van der Waals surface area contributed by atoms with E-state index in [0.29, 0.717) is 6.04 Å². The zero-order valence-corrected chi connectivity index (χ0v) is 12.1. The van der Waals surface area contributed by atoms with Crippen LogP contribution in [-0.2, 0) is 6.42 Å². The molecule has 100 valence electrons. The van der Waals surface area contributed by atoms with Gasteiger partial charge < -0.3 is 5.73 Å². The van der Waals surface area contributed by atoms with Crippen molar-refractivity contribution in [3.05, 3.63) is 34.9 Å². The largest absolute Gasteiger partial charge is 0.327 e. The van der Waals surface area contributed by atoms with E-state index >= 15 is 0 Å². The summed E-state index contributed by atoms with van der Waals surface area (Å²) in [7, 11) is 0. The van der Waals surface area contributed by atoms with Gasteiger partial charge in [0.2, 0.25) is 0 Å². The lowest BCUT2D eigenvalue weighted by Crippen LogP contribution is -2.34. The Hall–Kier alpha value is -0.820. The average molecular weight is 245 g/mol. The molecule has 1 aliphatic rings. The summed E-state index contributed by atoms with van der Waals surface area (Å²) in [6.45, 7) is 6.72.